The molecule has 0 saturated carbocycles. The quantitative estimate of drug-likeness (QED) is 0.217. The third kappa shape index (κ3) is 6.93. The van der Waals surface area contributed by atoms with Crippen LogP contribution in [0.15, 0.2) is 0 Å². The van der Waals surface area contributed by atoms with Crippen LogP contribution in [0.3, 0.4) is 0 Å². The number of nitrogens with zero attached hydrogens (tertiary/aromatic N) is 1. The zero-order valence-electron chi connectivity index (χ0n) is 8.71. The molecule has 0 atom stereocenters. The van der Waals surface area contributed by atoms with E-state index in [-0.39, 0.29) is 29.6 Å². The molecule has 0 aliphatic carbocycles. The zero-order chi connectivity index (χ0) is 11.9. The monoisotopic (exact) mass is 246 g/mol. The van der Waals surface area contributed by atoms with Crippen LogP contribution in [0.25, 0.3) is 0 Å². The summed E-state index contributed by atoms with van der Waals surface area (Å²) in [5, 5.41) is 38.8. The largest absolute Gasteiger partial charge is 1.00 e. The molecular weight excluding hydrogens is 235 g/mol. The van der Waals surface area contributed by atoms with Gasteiger partial charge in [0.25, 0.3) is 5.09 Å². The van der Waals surface area contributed by atoms with Gasteiger partial charge < -0.3 is 30.3 Å². The van der Waals surface area contributed by atoms with E-state index in [0.717, 1.165) is 0 Å². The fourth-order valence-electron chi connectivity index (χ4n) is 0.740. The van der Waals surface area contributed by atoms with Gasteiger partial charge in [0.1, 0.15) is 6.61 Å². The second-order valence-corrected chi connectivity index (χ2v) is 2.82. The number of hydrogen-bond donors (Lipinski definition) is 3. The summed E-state index contributed by atoms with van der Waals surface area (Å²) in [6.45, 7) is -2.77. The number of carboxylic acid groups (broad SMARTS) is 1. The maximum Gasteiger partial charge on any atom is 1.00 e. The van der Waals surface area contributed by atoms with Gasteiger partial charge >= 0.3 is 29.6 Å². The second kappa shape index (κ2) is 8.67. The molecule has 0 heterocycles. The number of nitrogens with one attached hydrogen (secondary N) is 1. The van der Waals surface area contributed by atoms with Crippen molar-refractivity contribution in [1.82, 2.24) is 5.32 Å². The molecule has 0 aromatic heterocycles. The molecule has 0 rings (SSSR count). The zero-order valence-corrected chi connectivity index (χ0v) is 10.7. The van der Waals surface area contributed by atoms with Crippen molar-refractivity contribution in [3.8, 4) is 0 Å². The first-order valence-corrected chi connectivity index (χ1v) is 3.89. The van der Waals surface area contributed by atoms with Crippen LogP contribution >= 0.6 is 0 Å². The van der Waals surface area contributed by atoms with E-state index in [1.807, 2.05) is 0 Å². The molecule has 0 spiro atoms. The summed E-state index contributed by atoms with van der Waals surface area (Å²) in [6, 6.07) is 0. The fourth-order valence-corrected chi connectivity index (χ4v) is 0.740. The van der Waals surface area contributed by atoms with Crippen molar-refractivity contribution in [3.63, 3.8) is 0 Å². The molecule has 3 N–H and O–H groups in total. The summed E-state index contributed by atoms with van der Waals surface area (Å²) in [6.07, 6.45) is 0. The maximum absolute atomic E-state index is 10.1. The van der Waals surface area contributed by atoms with Crippen molar-refractivity contribution in [2.24, 2.45) is 0 Å². The van der Waals surface area contributed by atoms with Crippen molar-refractivity contribution in [1.29, 1.82) is 0 Å². The number of aliphatic hydroxyl groups is 2. The van der Waals surface area contributed by atoms with Crippen LogP contribution in [-0.4, -0.2) is 53.2 Å². The van der Waals surface area contributed by atoms with Gasteiger partial charge in [-0.1, -0.05) is 0 Å². The number of carbonyl (C=O) groups excluding carboxylic acids is 1. The maximum atomic E-state index is 10.1. The Morgan fingerprint density at radius 3 is 2.25 bits per heavy atom. The van der Waals surface area contributed by atoms with Gasteiger partial charge in [0, 0.05) is 6.54 Å². The van der Waals surface area contributed by atoms with Gasteiger partial charge in [0.15, 0.2) is 0 Å². The van der Waals surface area contributed by atoms with Crippen molar-refractivity contribution < 1.29 is 59.6 Å². The van der Waals surface area contributed by atoms with E-state index in [1.165, 1.54) is 0 Å². The summed E-state index contributed by atoms with van der Waals surface area (Å²) < 4.78 is 0. The normalized spacial score (nSPS) is 10.4. The summed E-state index contributed by atoms with van der Waals surface area (Å²) in [5.74, 6) is -1.47. The molecule has 0 bridgehead atoms. The molecule has 9 nitrogen and oxygen atoms in total. The minimum atomic E-state index is -1.58. The summed E-state index contributed by atoms with van der Waals surface area (Å²) in [5.41, 5.74) is -1.58. The van der Waals surface area contributed by atoms with E-state index in [4.69, 9.17) is 10.2 Å². The van der Waals surface area contributed by atoms with Crippen LogP contribution in [0.4, 0.5) is 0 Å². The SMILES string of the molecule is O=C([O-])CNC(CO)(CO)CO[N+](=O)[O-].[Na+]. The van der Waals surface area contributed by atoms with Gasteiger partial charge in [-0.05, 0) is 0 Å². The molecule has 0 saturated heterocycles. The predicted molar refractivity (Wildman–Crippen MR) is 42.9 cm³/mol. The van der Waals surface area contributed by atoms with Crippen LogP contribution < -0.4 is 40.0 Å². The molecule has 16 heavy (non-hydrogen) atoms. The molecular formula is C6H11N2NaO7. The predicted octanol–water partition coefficient (Wildman–Crippen LogP) is -6.74. The van der Waals surface area contributed by atoms with Crippen molar-refractivity contribution >= 4 is 5.97 Å². The van der Waals surface area contributed by atoms with Gasteiger partial charge in [-0.2, -0.15) is 0 Å². The molecule has 88 valence electrons. The van der Waals surface area contributed by atoms with E-state index in [2.05, 4.69) is 10.2 Å². The molecule has 0 radical (unpaired) electrons. The minimum absolute atomic E-state index is 0. The molecule has 10 heteroatoms. The first-order valence-electron chi connectivity index (χ1n) is 3.89. The first kappa shape index (κ1) is 17.9. The Kier molecular flexibility index (Phi) is 9.72. The Bertz CT molecular complexity index is 213. The first-order chi connectivity index (χ1) is 6.95. The molecule has 0 amide bonds. The van der Waals surface area contributed by atoms with E-state index in [1.54, 1.807) is 0 Å². The van der Waals surface area contributed by atoms with Crippen molar-refractivity contribution in [2.75, 3.05) is 26.4 Å². The standard InChI is InChI=1S/C6H12N2O7.Na/c9-2-6(3-10,4-15-8(13)14)7-1-5(11)12;/h7,9-10H,1-4H2,(H,11,12);/q;+1/p-1. The van der Waals surface area contributed by atoms with Crippen molar-refractivity contribution in [2.45, 2.75) is 5.54 Å². The second-order valence-electron chi connectivity index (χ2n) is 2.82. The number of aliphatic hydroxyl groups excluding tert-OH is 2. The molecule has 0 aliphatic heterocycles. The van der Waals surface area contributed by atoms with E-state index < -0.39 is 43.0 Å². The molecule has 0 aromatic carbocycles. The molecule has 0 fully saturated rings. The smallest absolute Gasteiger partial charge is 0.549 e. The molecule has 0 aromatic rings. The Morgan fingerprint density at radius 1 is 1.44 bits per heavy atom. The third-order valence-electron chi connectivity index (χ3n) is 1.66. The van der Waals surface area contributed by atoms with Crippen LogP contribution in [0, 0.1) is 10.1 Å². The molecule has 0 aliphatic rings. The number of carboxylic acids is 1. The fraction of sp³-hybridized carbons (Fsp3) is 0.833. The number of carbonyl (C=O) groups is 1. The third-order valence-corrected chi connectivity index (χ3v) is 1.66. The van der Waals surface area contributed by atoms with Gasteiger partial charge in [0.2, 0.25) is 0 Å². The Hall–Kier alpha value is -0.450. The van der Waals surface area contributed by atoms with Gasteiger partial charge in [0.05, 0.1) is 24.7 Å². The van der Waals surface area contributed by atoms with Crippen molar-refractivity contribution in [3.05, 3.63) is 10.1 Å². The van der Waals surface area contributed by atoms with E-state index >= 15 is 0 Å². The summed E-state index contributed by atoms with van der Waals surface area (Å²) in [7, 11) is 0. The van der Waals surface area contributed by atoms with Gasteiger partial charge in [-0.3, -0.25) is 0 Å². The van der Waals surface area contributed by atoms with Crippen LogP contribution in [0.5, 0.6) is 0 Å². The Morgan fingerprint density at radius 2 is 1.94 bits per heavy atom. The van der Waals surface area contributed by atoms with Crippen LogP contribution in [0.2, 0.25) is 0 Å². The van der Waals surface area contributed by atoms with Crippen LogP contribution in [-0.2, 0) is 9.63 Å². The Balaban J connectivity index is 0. The topological polar surface area (TPSA) is 145 Å². The summed E-state index contributed by atoms with van der Waals surface area (Å²) in [4.78, 5) is 23.9. The van der Waals surface area contributed by atoms with E-state index in [9.17, 15) is 20.0 Å². The van der Waals surface area contributed by atoms with E-state index in [0.29, 0.717) is 0 Å². The van der Waals surface area contributed by atoms with Gasteiger partial charge in [-0.25, -0.2) is 0 Å². The van der Waals surface area contributed by atoms with Crippen LogP contribution in [0.1, 0.15) is 0 Å². The Labute approximate surface area is 113 Å². The number of aliphatic carboxylic acids is 1. The minimum Gasteiger partial charge on any atom is -0.549 e. The number of hydrogen-bond acceptors (Lipinski definition) is 8. The number of rotatable bonds is 8. The average molecular weight is 246 g/mol. The van der Waals surface area contributed by atoms with Gasteiger partial charge in [-0.15, -0.1) is 10.1 Å². The average Bonchev–Trinajstić information content (AvgIpc) is 2.19. The molecule has 0 unspecified atom stereocenters. The summed E-state index contributed by atoms with van der Waals surface area (Å²) >= 11 is 0.